The smallest absolute Gasteiger partial charge is 0.108 e. The monoisotopic (exact) mass is 195 g/mol. The van der Waals surface area contributed by atoms with Gasteiger partial charge in [-0.05, 0) is 32.9 Å². The third kappa shape index (κ3) is 3.50. The minimum absolute atomic E-state index is 1.10. The molecule has 0 bridgehead atoms. The number of nitrogens with zero attached hydrogens (tertiary/aromatic N) is 2. The molecule has 0 saturated carbocycles. The van der Waals surface area contributed by atoms with E-state index in [0.29, 0.717) is 0 Å². The van der Waals surface area contributed by atoms with Gasteiger partial charge in [0.05, 0.1) is 0 Å². The van der Waals surface area contributed by atoms with Gasteiger partial charge >= 0.3 is 0 Å². The van der Waals surface area contributed by atoms with Crippen molar-refractivity contribution < 1.29 is 0 Å². The second-order valence-electron chi connectivity index (χ2n) is 3.60. The van der Waals surface area contributed by atoms with Crippen LogP contribution >= 0.6 is 0 Å². The standard InChI is InChI=1S/C11H21N3/c1-3-9-14-10-8-13-11(14)6-4-5-7-12-2/h8,10,12H,3-7,9H2,1-2H3. The molecule has 80 valence electrons. The molecular weight excluding hydrogens is 174 g/mol. The summed E-state index contributed by atoms with van der Waals surface area (Å²) in [5, 5.41) is 3.16. The Morgan fingerprint density at radius 2 is 2.29 bits per heavy atom. The summed E-state index contributed by atoms with van der Waals surface area (Å²) in [5.74, 6) is 1.24. The molecule has 1 heterocycles. The van der Waals surface area contributed by atoms with Crippen molar-refractivity contribution in [2.24, 2.45) is 0 Å². The van der Waals surface area contributed by atoms with Crippen LogP contribution < -0.4 is 5.32 Å². The van der Waals surface area contributed by atoms with E-state index in [4.69, 9.17) is 0 Å². The Kier molecular flexibility index (Phi) is 5.30. The lowest BCUT2D eigenvalue weighted by atomic mass is 10.2. The van der Waals surface area contributed by atoms with Gasteiger partial charge in [-0.1, -0.05) is 6.92 Å². The fraction of sp³-hybridized carbons (Fsp3) is 0.727. The number of rotatable bonds is 7. The SMILES string of the molecule is CCCn1ccnc1CCCCNC. The van der Waals surface area contributed by atoms with Crippen LogP contribution in [0.4, 0.5) is 0 Å². The molecule has 0 radical (unpaired) electrons. The summed E-state index contributed by atoms with van der Waals surface area (Å²) >= 11 is 0. The van der Waals surface area contributed by atoms with Crippen LogP contribution in [-0.4, -0.2) is 23.1 Å². The molecular formula is C11H21N3. The van der Waals surface area contributed by atoms with Crippen molar-refractivity contribution >= 4 is 0 Å². The van der Waals surface area contributed by atoms with Crippen LogP contribution in [-0.2, 0) is 13.0 Å². The minimum atomic E-state index is 1.10. The van der Waals surface area contributed by atoms with E-state index in [0.717, 1.165) is 19.5 Å². The molecule has 0 spiro atoms. The summed E-state index contributed by atoms with van der Waals surface area (Å²) in [6.45, 7) is 4.40. The number of aryl methyl sites for hydroxylation is 2. The molecule has 0 aliphatic heterocycles. The molecule has 3 nitrogen and oxygen atoms in total. The lowest BCUT2D eigenvalue weighted by molar-refractivity contribution is 0.603. The van der Waals surface area contributed by atoms with Gasteiger partial charge in [0, 0.05) is 25.4 Å². The van der Waals surface area contributed by atoms with Crippen LogP contribution in [0.3, 0.4) is 0 Å². The zero-order valence-electron chi connectivity index (χ0n) is 9.29. The first kappa shape index (κ1) is 11.2. The number of aromatic nitrogens is 2. The maximum atomic E-state index is 4.37. The Balaban J connectivity index is 2.30. The van der Waals surface area contributed by atoms with E-state index in [1.165, 1.54) is 25.1 Å². The van der Waals surface area contributed by atoms with Crippen molar-refractivity contribution in [3.8, 4) is 0 Å². The van der Waals surface area contributed by atoms with Gasteiger partial charge in [-0.15, -0.1) is 0 Å². The molecule has 0 amide bonds. The molecule has 0 unspecified atom stereocenters. The third-order valence-electron chi connectivity index (χ3n) is 2.34. The third-order valence-corrected chi connectivity index (χ3v) is 2.34. The van der Waals surface area contributed by atoms with E-state index >= 15 is 0 Å². The molecule has 1 aromatic rings. The topological polar surface area (TPSA) is 29.9 Å². The van der Waals surface area contributed by atoms with Crippen LogP contribution in [0.1, 0.15) is 32.0 Å². The van der Waals surface area contributed by atoms with Crippen LogP contribution in [0, 0.1) is 0 Å². The van der Waals surface area contributed by atoms with Gasteiger partial charge in [-0.3, -0.25) is 0 Å². The van der Waals surface area contributed by atoms with Crippen molar-refractivity contribution in [3.63, 3.8) is 0 Å². The van der Waals surface area contributed by atoms with E-state index in [1.807, 2.05) is 13.2 Å². The second kappa shape index (κ2) is 6.60. The molecule has 1 aromatic heterocycles. The maximum absolute atomic E-state index is 4.37. The van der Waals surface area contributed by atoms with Gasteiger partial charge in [-0.25, -0.2) is 4.98 Å². The van der Waals surface area contributed by atoms with Crippen molar-refractivity contribution in [3.05, 3.63) is 18.2 Å². The molecule has 1 rings (SSSR count). The van der Waals surface area contributed by atoms with Gasteiger partial charge in [0.2, 0.25) is 0 Å². The molecule has 0 aliphatic carbocycles. The molecule has 0 atom stereocenters. The largest absolute Gasteiger partial charge is 0.335 e. The highest BCUT2D eigenvalue weighted by molar-refractivity contribution is 4.92. The van der Waals surface area contributed by atoms with Crippen molar-refractivity contribution in [1.29, 1.82) is 0 Å². The number of hydrogen-bond donors (Lipinski definition) is 1. The van der Waals surface area contributed by atoms with Crippen molar-refractivity contribution in [2.45, 2.75) is 39.2 Å². The van der Waals surface area contributed by atoms with Gasteiger partial charge < -0.3 is 9.88 Å². The number of imidazole rings is 1. The summed E-state index contributed by atoms with van der Waals surface area (Å²) in [6.07, 6.45) is 8.73. The normalized spacial score (nSPS) is 10.7. The van der Waals surface area contributed by atoms with Gasteiger partial charge in [0.15, 0.2) is 0 Å². The molecule has 0 aromatic carbocycles. The first-order valence-corrected chi connectivity index (χ1v) is 5.53. The Morgan fingerprint density at radius 1 is 1.43 bits per heavy atom. The highest BCUT2D eigenvalue weighted by Gasteiger charge is 2.00. The predicted octanol–water partition coefficient (Wildman–Crippen LogP) is 1.84. The van der Waals surface area contributed by atoms with E-state index in [9.17, 15) is 0 Å². The lowest BCUT2D eigenvalue weighted by Crippen LogP contribution is -2.08. The summed E-state index contributed by atoms with van der Waals surface area (Å²) in [5.41, 5.74) is 0. The van der Waals surface area contributed by atoms with Crippen LogP contribution in [0.5, 0.6) is 0 Å². The summed E-state index contributed by atoms with van der Waals surface area (Å²) in [4.78, 5) is 4.37. The van der Waals surface area contributed by atoms with Gasteiger partial charge in [0.25, 0.3) is 0 Å². The highest BCUT2D eigenvalue weighted by atomic mass is 15.1. The predicted molar refractivity (Wildman–Crippen MR) is 59.4 cm³/mol. The van der Waals surface area contributed by atoms with E-state index in [1.54, 1.807) is 0 Å². The van der Waals surface area contributed by atoms with E-state index in [2.05, 4.69) is 28.0 Å². The Bertz CT molecular complexity index is 242. The maximum Gasteiger partial charge on any atom is 0.108 e. The average Bonchev–Trinajstić information content (AvgIpc) is 2.61. The molecule has 0 saturated heterocycles. The quantitative estimate of drug-likeness (QED) is 0.673. The Hall–Kier alpha value is -0.830. The van der Waals surface area contributed by atoms with Crippen LogP contribution in [0.25, 0.3) is 0 Å². The zero-order valence-corrected chi connectivity index (χ0v) is 9.29. The summed E-state index contributed by atoms with van der Waals surface area (Å²) in [6, 6.07) is 0. The van der Waals surface area contributed by atoms with Gasteiger partial charge in [0.1, 0.15) is 5.82 Å². The first-order chi connectivity index (χ1) is 6.88. The fourth-order valence-corrected chi connectivity index (χ4v) is 1.60. The second-order valence-corrected chi connectivity index (χ2v) is 3.60. The zero-order chi connectivity index (χ0) is 10.2. The molecule has 3 heteroatoms. The molecule has 1 N–H and O–H groups in total. The fourth-order valence-electron chi connectivity index (χ4n) is 1.60. The first-order valence-electron chi connectivity index (χ1n) is 5.53. The van der Waals surface area contributed by atoms with Crippen molar-refractivity contribution in [1.82, 2.24) is 14.9 Å². The summed E-state index contributed by atoms with van der Waals surface area (Å²) in [7, 11) is 2.00. The van der Waals surface area contributed by atoms with Crippen LogP contribution in [0.2, 0.25) is 0 Å². The molecule has 0 fully saturated rings. The molecule has 14 heavy (non-hydrogen) atoms. The summed E-state index contributed by atoms with van der Waals surface area (Å²) < 4.78 is 2.26. The van der Waals surface area contributed by atoms with Crippen LogP contribution in [0.15, 0.2) is 12.4 Å². The van der Waals surface area contributed by atoms with E-state index < -0.39 is 0 Å². The lowest BCUT2D eigenvalue weighted by Gasteiger charge is -2.05. The Labute approximate surface area is 86.5 Å². The molecule has 0 aliphatic rings. The van der Waals surface area contributed by atoms with Crippen molar-refractivity contribution in [2.75, 3.05) is 13.6 Å². The number of unbranched alkanes of at least 4 members (excludes halogenated alkanes) is 1. The van der Waals surface area contributed by atoms with E-state index in [-0.39, 0.29) is 0 Å². The Morgan fingerprint density at radius 3 is 3.00 bits per heavy atom. The highest BCUT2D eigenvalue weighted by Crippen LogP contribution is 2.04. The number of hydrogen-bond acceptors (Lipinski definition) is 2. The minimum Gasteiger partial charge on any atom is -0.335 e. The number of nitrogens with one attached hydrogen (secondary N) is 1. The van der Waals surface area contributed by atoms with Gasteiger partial charge in [-0.2, -0.15) is 0 Å². The average molecular weight is 195 g/mol.